The molecule has 0 fully saturated rings. The third-order valence-corrected chi connectivity index (χ3v) is 2.90. The van der Waals surface area contributed by atoms with Crippen LogP contribution in [0.5, 0.6) is 0 Å². The molecular weight excluding hydrogens is 190 g/mol. The zero-order chi connectivity index (χ0) is 10.6. The largest absolute Gasteiger partial charge is 0.242 e. The fraction of sp³-hybridized carbons (Fsp3) is 0.417. The van der Waals surface area contributed by atoms with Crippen molar-refractivity contribution in [1.82, 2.24) is 4.98 Å². The van der Waals surface area contributed by atoms with Crippen molar-refractivity contribution in [2.75, 3.05) is 0 Å². The summed E-state index contributed by atoms with van der Waals surface area (Å²) in [7, 11) is 0. The molecule has 0 spiro atoms. The minimum absolute atomic E-state index is 1.10. The number of thiazole rings is 1. The molecule has 1 nitrogen and oxygen atoms in total. The molecule has 0 atom stereocenters. The second kappa shape index (κ2) is 5.11. The van der Waals surface area contributed by atoms with E-state index < -0.39 is 0 Å². The average Bonchev–Trinajstić information content (AvgIpc) is 2.59. The second-order valence-electron chi connectivity index (χ2n) is 2.89. The average molecular weight is 207 g/mol. The van der Waals surface area contributed by atoms with E-state index in [4.69, 9.17) is 0 Å². The van der Waals surface area contributed by atoms with Gasteiger partial charge in [-0.1, -0.05) is 26.8 Å². The first-order valence-corrected chi connectivity index (χ1v) is 5.97. The number of rotatable bonds is 1. The van der Waals surface area contributed by atoms with E-state index in [1.165, 1.54) is 10.3 Å². The number of aryl methyl sites for hydroxylation is 2. The van der Waals surface area contributed by atoms with Gasteiger partial charge in [0.2, 0.25) is 0 Å². The first kappa shape index (κ1) is 11.2. The molecule has 2 aromatic rings. The van der Waals surface area contributed by atoms with Crippen LogP contribution in [0.25, 0.3) is 10.2 Å². The Labute approximate surface area is 89.8 Å². The normalized spacial score (nSPS) is 9.71. The molecule has 0 N–H and O–H groups in total. The summed E-state index contributed by atoms with van der Waals surface area (Å²) in [5.41, 5.74) is 2.53. The molecule has 0 saturated heterocycles. The predicted octanol–water partition coefficient (Wildman–Crippen LogP) is 4.19. The Morgan fingerprint density at radius 3 is 2.64 bits per heavy atom. The third kappa shape index (κ3) is 2.32. The summed E-state index contributed by atoms with van der Waals surface area (Å²) < 4.78 is 1.31. The van der Waals surface area contributed by atoms with Gasteiger partial charge >= 0.3 is 0 Å². The second-order valence-corrected chi connectivity index (χ2v) is 4.12. The number of hydrogen-bond acceptors (Lipinski definition) is 2. The first-order valence-electron chi connectivity index (χ1n) is 5.15. The van der Waals surface area contributed by atoms with Gasteiger partial charge in [-0.05, 0) is 31.0 Å². The summed E-state index contributed by atoms with van der Waals surface area (Å²) >= 11 is 1.77. The van der Waals surface area contributed by atoms with Crippen LogP contribution >= 0.6 is 11.3 Å². The van der Waals surface area contributed by atoms with Crippen molar-refractivity contribution in [3.05, 3.63) is 28.8 Å². The Hall–Kier alpha value is -0.890. The summed E-state index contributed by atoms with van der Waals surface area (Å²) in [6.45, 7) is 8.23. The highest BCUT2D eigenvalue weighted by Crippen LogP contribution is 2.22. The number of hydrogen-bond donors (Lipinski definition) is 0. The van der Waals surface area contributed by atoms with Crippen molar-refractivity contribution in [2.45, 2.75) is 34.1 Å². The Balaban J connectivity index is 0.000000461. The number of aromatic nitrogens is 1. The molecule has 2 heteroatoms. The predicted molar refractivity (Wildman–Crippen MR) is 65.1 cm³/mol. The van der Waals surface area contributed by atoms with Crippen LogP contribution in [0.1, 0.15) is 31.3 Å². The maximum atomic E-state index is 4.41. The fourth-order valence-corrected chi connectivity index (χ4v) is 2.19. The van der Waals surface area contributed by atoms with E-state index in [-0.39, 0.29) is 0 Å². The Bertz CT molecular complexity index is 404. The molecule has 0 saturated carbocycles. The summed E-state index contributed by atoms with van der Waals surface area (Å²) in [4.78, 5) is 4.41. The summed E-state index contributed by atoms with van der Waals surface area (Å²) in [5, 5.41) is 1.15. The van der Waals surface area contributed by atoms with Gasteiger partial charge < -0.3 is 0 Å². The van der Waals surface area contributed by atoms with Gasteiger partial charge in [0.1, 0.15) is 0 Å². The van der Waals surface area contributed by atoms with Crippen LogP contribution in [-0.2, 0) is 6.42 Å². The van der Waals surface area contributed by atoms with E-state index in [0.29, 0.717) is 0 Å². The molecule has 0 aliphatic carbocycles. The van der Waals surface area contributed by atoms with Gasteiger partial charge in [0.15, 0.2) is 0 Å². The molecule has 1 aromatic carbocycles. The maximum Gasteiger partial charge on any atom is 0.0907 e. The van der Waals surface area contributed by atoms with Crippen LogP contribution in [0, 0.1) is 6.92 Å². The zero-order valence-electron chi connectivity index (χ0n) is 9.29. The fourth-order valence-electron chi connectivity index (χ4n) is 1.30. The van der Waals surface area contributed by atoms with E-state index >= 15 is 0 Å². The molecule has 0 aliphatic rings. The molecule has 0 radical (unpaired) electrons. The van der Waals surface area contributed by atoms with Crippen molar-refractivity contribution >= 4 is 21.6 Å². The van der Waals surface area contributed by atoms with Gasteiger partial charge in [-0.2, -0.15) is 0 Å². The van der Waals surface area contributed by atoms with Gasteiger partial charge in [0.25, 0.3) is 0 Å². The van der Waals surface area contributed by atoms with E-state index in [1.807, 2.05) is 13.8 Å². The minimum Gasteiger partial charge on any atom is -0.242 e. The minimum atomic E-state index is 1.10. The van der Waals surface area contributed by atoms with Gasteiger partial charge in [0.05, 0.1) is 15.2 Å². The lowest BCUT2D eigenvalue weighted by atomic mass is 10.2. The Morgan fingerprint density at radius 2 is 2.00 bits per heavy atom. The van der Waals surface area contributed by atoms with Gasteiger partial charge in [0, 0.05) is 0 Å². The molecule has 0 bridgehead atoms. The van der Waals surface area contributed by atoms with Crippen LogP contribution in [0.2, 0.25) is 0 Å². The molecule has 2 rings (SSSR count). The molecule has 1 aromatic heterocycles. The lowest BCUT2D eigenvalue weighted by molar-refractivity contribution is 1.15. The lowest BCUT2D eigenvalue weighted by Gasteiger charge is -1.93. The summed E-state index contributed by atoms with van der Waals surface area (Å²) in [6.07, 6.45) is 1.10. The van der Waals surface area contributed by atoms with E-state index in [1.54, 1.807) is 11.3 Å². The molecule has 0 amide bonds. The molecule has 0 unspecified atom stereocenters. The van der Waals surface area contributed by atoms with Crippen molar-refractivity contribution in [1.29, 1.82) is 0 Å². The van der Waals surface area contributed by atoms with Gasteiger partial charge in [-0.3, -0.25) is 0 Å². The highest BCUT2D eigenvalue weighted by molar-refractivity contribution is 7.18. The van der Waals surface area contributed by atoms with Crippen molar-refractivity contribution in [3.63, 3.8) is 0 Å². The number of fused-ring (bicyclic) bond motifs is 1. The van der Waals surface area contributed by atoms with Gasteiger partial charge in [-0.25, -0.2) is 4.98 Å². The third-order valence-electron chi connectivity index (χ3n) is 1.97. The molecule has 14 heavy (non-hydrogen) atoms. The number of nitrogens with zero attached hydrogens (tertiary/aromatic N) is 1. The lowest BCUT2D eigenvalue weighted by Crippen LogP contribution is -1.77. The Morgan fingerprint density at radius 1 is 1.29 bits per heavy atom. The van der Waals surface area contributed by atoms with Crippen LogP contribution in [0.3, 0.4) is 0 Å². The molecular formula is C12H17NS. The molecule has 1 heterocycles. The summed E-state index contributed by atoms with van der Waals surface area (Å²) in [5.74, 6) is 0. The van der Waals surface area contributed by atoms with Crippen molar-refractivity contribution in [3.8, 4) is 0 Å². The summed E-state index contributed by atoms with van der Waals surface area (Å²) in [6, 6.07) is 6.50. The van der Waals surface area contributed by atoms with E-state index in [0.717, 1.165) is 16.9 Å². The van der Waals surface area contributed by atoms with Crippen LogP contribution in [0.4, 0.5) is 0 Å². The quantitative estimate of drug-likeness (QED) is 0.683. The van der Waals surface area contributed by atoms with Crippen molar-refractivity contribution < 1.29 is 0 Å². The molecule has 0 aliphatic heterocycles. The Kier molecular flexibility index (Phi) is 4.08. The van der Waals surface area contributed by atoms with Gasteiger partial charge in [-0.15, -0.1) is 11.3 Å². The van der Waals surface area contributed by atoms with Crippen molar-refractivity contribution in [2.24, 2.45) is 0 Å². The smallest absolute Gasteiger partial charge is 0.0907 e. The standard InChI is InChI=1S/C10H11NS.C2H6/c1-3-8-4-5-9-10(6-8)12-7(2)11-9;1-2/h4-6H,3H2,1-2H3;1-2H3. The number of benzene rings is 1. The monoisotopic (exact) mass is 207 g/mol. The van der Waals surface area contributed by atoms with Crippen LogP contribution < -0.4 is 0 Å². The topological polar surface area (TPSA) is 12.9 Å². The van der Waals surface area contributed by atoms with E-state index in [2.05, 4.69) is 37.0 Å². The maximum absolute atomic E-state index is 4.41. The highest BCUT2D eigenvalue weighted by Gasteiger charge is 1.99. The SMILES string of the molecule is CC.CCc1ccc2nc(C)sc2c1. The van der Waals surface area contributed by atoms with E-state index in [9.17, 15) is 0 Å². The highest BCUT2D eigenvalue weighted by atomic mass is 32.1. The molecule has 76 valence electrons. The zero-order valence-corrected chi connectivity index (χ0v) is 10.1. The van der Waals surface area contributed by atoms with Crippen LogP contribution in [-0.4, -0.2) is 4.98 Å². The first-order chi connectivity index (χ1) is 6.79. The van der Waals surface area contributed by atoms with Crippen LogP contribution in [0.15, 0.2) is 18.2 Å².